The number of benzene rings is 2. The highest BCUT2D eigenvalue weighted by atomic mass is 35.5. The fourth-order valence-electron chi connectivity index (χ4n) is 3.97. The summed E-state index contributed by atoms with van der Waals surface area (Å²) >= 11 is 12.9. The number of urea groups is 1. The van der Waals surface area contributed by atoms with Crippen molar-refractivity contribution in [3.63, 3.8) is 0 Å². The fourth-order valence-corrected chi connectivity index (χ4v) is 4.57. The molecule has 0 spiro atoms. The number of pyridine rings is 1. The molecule has 11 heteroatoms. The molecule has 39 heavy (non-hydrogen) atoms. The third kappa shape index (κ3) is 7.26. The monoisotopic (exact) mass is 567 g/mol. The van der Waals surface area contributed by atoms with Crippen molar-refractivity contribution >= 4 is 57.7 Å². The van der Waals surface area contributed by atoms with Gasteiger partial charge in [-0.25, -0.2) is 14.8 Å². The van der Waals surface area contributed by atoms with Gasteiger partial charge in [-0.1, -0.05) is 43.1 Å². The van der Waals surface area contributed by atoms with Crippen LogP contribution in [0, 0.1) is 0 Å². The molecule has 0 saturated heterocycles. The first kappa shape index (κ1) is 28.4. The van der Waals surface area contributed by atoms with E-state index < -0.39 is 6.03 Å². The third-order valence-electron chi connectivity index (χ3n) is 6.05. The molecule has 2 aromatic heterocycles. The molecule has 4 aromatic rings. The van der Waals surface area contributed by atoms with Gasteiger partial charge in [0.25, 0.3) is 0 Å². The molecule has 4 rings (SSSR count). The summed E-state index contributed by atoms with van der Waals surface area (Å²) in [7, 11) is 0. The second-order valence-corrected chi connectivity index (χ2v) is 9.41. The minimum atomic E-state index is -0.402. The quantitative estimate of drug-likeness (QED) is 0.187. The van der Waals surface area contributed by atoms with Gasteiger partial charge >= 0.3 is 6.03 Å². The minimum Gasteiger partial charge on any atom is -0.492 e. The van der Waals surface area contributed by atoms with Crippen molar-refractivity contribution in [3.05, 3.63) is 64.8 Å². The van der Waals surface area contributed by atoms with Crippen LogP contribution < -0.4 is 20.7 Å². The van der Waals surface area contributed by atoms with Gasteiger partial charge in [0.05, 0.1) is 10.0 Å². The molecule has 0 aliphatic carbocycles. The summed E-state index contributed by atoms with van der Waals surface area (Å²) in [6.45, 7) is 10.1. The average Bonchev–Trinajstić information content (AvgIpc) is 2.92. The van der Waals surface area contributed by atoms with E-state index in [1.807, 2.05) is 37.3 Å². The number of anilines is 3. The Kier molecular flexibility index (Phi) is 9.75. The van der Waals surface area contributed by atoms with Gasteiger partial charge < -0.3 is 20.3 Å². The molecule has 9 nitrogen and oxygen atoms in total. The number of nitrogens with zero attached hydrogens (tertiary/aromatic N) is 4. The molecule has 2 aromatic carbocycles. The Hall–Kier alpha value is -3.66. The lowest BCUT2D eigenvalue weighted by molar-refractivity contribution is 0.223. The van der Waals surface area contributed by atoms with Crippen LogP contribution in [0.1, 0.15) is 20.8 Å². The molecule has 204 valence electrons. The smallest absolute Gasteiger partial charge is 0.320 e. The van der Waals surface area contributed by atoms with Gasteiger partial charge in [0.2, 0.25) is 5.95 Å². The molecule has 0 aliphatic heterocycles. The number of likely N-dealkylation sites (N-methyl/N-ethyl adjacent to an activating group) is 1. The Morgan fingerprint density at radius 2 is 1.72 bits per heavy atom. The van der Waals surface area contributed by atoms with Crippen molar-refractivity contribution < 1.29 is 9.53 Å². The van der Waals surface area contributed by atoms with Crippen molar-refractivity contribution in [1.29, 1.82) is 0 Å². The Morgan fingerprint density at radius 1 is 1.00 bits per heavy atom. The van der Waals surface area contributed by atoms with Crippen molar-refractivity contribution in [2.24, 2.45) is 0 Å². The molecular formula is C28H31Cl2N7O2. The summed E-state index contributed by atoms with van der Waals surface area (Å²) in [4.78, 5) is 28.3. The number of carbonyl (C=O) groups is 1. The second kappa shape index (κ2) is 13.4. The van der Waals surface area contributed by atoms with E-state index in [-0.39, 0.29) is 5.82 Å². The topological polar surface area (TPSA) is 104 Å². The van der Waals surface area contributed by atoms with Gasteiger partial charge in [0.15, 0.2) is 5.65 Å². The number of hydrogen-bond acceptors (Lipinski definition) is 7. The van der Waals surface area contributed by atoms with E-state index in [1.54, 1.807) is 24.4 Å². The largest absolute Gasteiger partial charge is 0.492 e. The summed E-state index contributed by atoms with van der Waals surface area (Å²) in [5.41, 5.74) is 2.31. The van der Waals surface area contributed by atoms with Crippen LogP contribution in [0.4, 0.5) is 22.2 Å². The van der Waals surface area contributed by atoms with Crippen molar-refractivity contribution in [2.45, 2.75) is 20.8 Å². The lowest BCUT2D eigenvalue weighted by Gasteiger charge is -2.18. The third-order valence-corrected chi connectivity index (χ3v) is 6.68. The number of halogens is 2. The second-order valence-electron chi connectivity index (χ2n) is 8.60. The molecule has 0 radical (unpaired) electrons. The number of amides is 2. The first-order valence-electron chi connectivity index (χ1n) is 12.8. The van der Waals surface area contributed by atoms with E-state index in [0.29, 0.717) is 51.3 Å². The first-order chi connectivity index (χ1) is 18.9. The minimum absolute atomic E-state index is 0.277. The maximum Gasteiger partial charge on any atom is 0.320 e. The van der Waals surface area contributed by atoms with E-state index >= 15 is 0 Å². The van der Waals surface area contributed by atoms with E-state index in [0.717, 1.165) is 31.1 Å². The van der Waals surface area contributed by atoms with E-state index in [4.69, 9.17) is 27.9 Å². The normalized spacial score (nSPS) is 11.0. The van der Waals surface area contributed by atoms with Gasteiger partial charge in [-0.2, -0.15) is 4.98 Å². The van der Waals surface area contributed by atoms with E-state index in [2.05, 4.69) is 49.6 Å². The lowest BCUT2D eigenvalue weighted by atomic mass is 10.0. The standard InChI is InChI=1S/C28H31Cl2N7O2/c1-4-31-28(38)36-26-21(24-22(29)8-7-9-23(24)30)16-18-17-32-27(35-25(18)34-26)33-19-10-12-20(13-11-19)39-15-14-37(5-2)6-3/h7-13,16-17H,4-6,14-15H2,1-3H3,(H3,31,32,33,34,35,36,38). The maximum absolute atomic E-state index is 12.4. The van der Waals surface area contributed by atoms with Crippen LogP contribution in [0.25, 0.3) is 22.2 Å². The highest BCUT2D eigenvalue weighted by Gasteiger charge is 2.18. The number of nitrogens with one attached hydrogen (secondary N) is 3. The number of fused-ring (bicyclic) bond motifs is 1. The summed E-state index contributed by atoms with van der Waals surface area (Å²) in [5, 5.41) is 10.2. The molecule has 0 saturated carbocycles. The van der Waals surface area contributed by atoms with Crippen LogP contribution in [0.15, 0.2) is 54.7 Å². The fraction of sp³-hybridized carbons (Fsp3) is 0.286. The van der Waals surface area contributed by atoms with Crippen LogP contribution in [0.3, 0.4) is 0 Å². The number of rotatable bonds is 11. The first-order valence-corrected chi connectivity index (χ1v) is 13.6. The van der Waals surface area contributed by atoms with Gasteiger partial charge in [-0.15, -0.1) is 0 Å². The van der Waals surface area contributed by atoms with E-state index in [1.165, 1.54) is 0 Å². The Labute approximate surface area is 237 Å². The zero-order chi connectivity index (χ0) is 27.8. The Morgan fingerprint density at radius 3 is 2.38 bits per heavy atom. The van der Waals surface area contributed by atoms with Crippen LogP contribution >= 0.6 is 23.2 Å². The molecule has 3 N–H and O–H groups in total. The summed E-state index contributed by atoms with van der Waals surface area (Å²) < 4.78 is 5.86. The predicted octanol–water partition coefficient (Wildman–Crippen LogP) is 6.60. The summed E-state index contributed by atoms with van der Waals surface area (Å²) in [5.74, 6) is 1.43. The molecule has 0 unspecified atom stereocenters. The van der Waals surface area contributed by atoms with Crippen molar-refractivity contribution in [1.82, 2.24) is 25.2 Å². The zero-order valence-corrected chi connectivity index (χ0v) is 23.6. The van der Waals surface area contributed by atoms with Crippen LogP contribution in [-0.4, -0.2) is 58.7 Å². The summed E-state index contributed by atoms with van der Waals surface area (Å²) in [6.07, 6.45) is 1.66. The highest BCUT2D eigenvalue weighted by molar-refractivity contribution is 6.39. The highest BCUT2D eigenvalue weighted by Crippen LogP contribution is 2.39. The predicted molar refractivity (Wildman–Crippen MR) is 158 cm³/mol. The number of hydrogen-bond donors (Lipinski definition) is 3. The number of aromatic nitrogens is 3. The lowest BCUT2D eigenvalue weighted by Crippen LogP contribution is -2.28. The SMILES string of the molecule is CCNC(=O)Nc1nc2nc(Nc3ccc(OCCN(CC)CC)cc3)ncc2cc1-c1c(Cl)cccc1Cl. The van der Waals surface area contributed by atoms with Gasteiger partial charge in [-0.3, -0.25) is 5.32 Å². The van der Waals surface area contributed by atoms with Crippen LogP contribution in [0.2, 0.25) is 10.0 Å². The molecule has 0 aliphatic rings. The number of carbonyl (C=O) groups excluding carboxylic acids is 1. The Balaban J connectivity index is 1.57. The average molecular weight is 569 g/mol. The molecule has 0 fully saturated rings. The van der Waals surface area contributed by atoms with Crippen molar-refractivity contribution in [2.75, 3.05) is 43.4 Å². The molecule has 0 bridgehead atoms. The maximum atomic E-state index is 12.4. The van der Waals surface area contributed by atoms with Crippen molar-refractivity contribution in [3.8, 4) is 16.9 Å². The van der Waals surface area contributed by atoms with Crippen LogP contribution in [-0.2, 0) is 0 Å². The Bertz CT molecular complexity index is 1410. The molecule has 2 heterocycles. The molecular weight excluding hydrogens is 537 g/mol. The van der Waals surface area contributed by atoms with Crippen LogP contribution in [0.5, 0.6) is 5.75 Å². The molecule has 0 atom stereocenters. The van der Waals surface area contributed by atoms with Gasteiger partial charge in [0, 0.05) is 41.5 Å². The van der Waals surface area contributed by atoms with Gasteiger partial charge in [-0.05, 0) is 62.5 Å². The number of ether oxygens (including phenoxy) is 1. The zero-order valence-electron chi connectivity index (χ0n) is 22.1. The summed E-state index contributed by atoms with van der Waals surface area (Å²) in [6, 6.07) is 14.2. The van der Waals surface area contributed by atoms with Gasteiger partial charge in [0.1, 0.15) is 18.2 Å². The molecule has 2 amide bonds. The van der Waals surface area contributed by atoms with E-state index in [9.17, 15) is 4.79 Å².